The molecule has 0 fully saturated rings. The summed E-state index contributed by atoms with van der Waals surface area (Å²) in [6, 6.07) is 27.3. The van der Waals surface area contributed by atoms with Gasteiger partial charge in [-0.2, -0.15) is 5.10 Å². The first kappa shape index (κ1) is 22.8. The van der Waals surface area contributed by atoms with Gasteiger partial charge in [-0.1, -0.05) is 42.5 Å². The molecule has 3 heterocycles. The second-order valence-corrected chi connectivity index (χ2v) is 9.32. The Hall–Kier alpha value is -4.65. The largest absolute Gasteiger partial charge is 0.322 e. The zero-order valence-electron chi connectivity index (χ0n) is 20.6. The number of halogens is 1. The summed E-state index contributed by atoms with van der Waals surface area (Å²) in [4.78, 5) is 15.7. The van der Waals surface area contributed by atoms with Gasteiger partial charge in [-0.3, -0.25) is 0 Å². The molecule has 6 nitrogen and oxygen atoms in total. The van der Waals surface area contributed by atoms with Gasteiger partial charge in [-0.15, -0.1) is 0 Å². The number of nitrogens with zero attached hydrogens (tertiary/aromatic N) is 4. The number of carbonyl (C=O) groups is 1. The fourth-order valence-corrected chi connectivity index (χ4v) is 5.06. The van der Waals surface area contributed by atoms with E-state index in [1.54, 1.807) is 17.0 Å². The first-order valence-electron chi connectivity index (χ1n) is 12.2. The molecule has 0 saturated carbocycles. The molecule has 2 aromatic heterocycles. The standard InChI is InChI=1S/C30H26FN5O/c1-20-8-6-9-24(18-20)32-30(37)35-19-26-21(2)33-36(25-10-4-3-5-11-25)29(26)34-17-7-12-27(34)28(35)22-13-15-23(31)16-14-22/h3-18,28H,19H2,1-2H3,(H,32,37)/t28-/m0/s1. The number of nitrogens with one attached hydrogen (secondary N) is 1. The fourth-order valence-electron chi connectivity index (χ4n) is 5.06. The average molecular weight is 492 g/mol. The second-order valence-electron chi connectivity index (χ2n) is 9.32. The van der Waals surface area contributed by atoms with Crippen molar-refractivity contribution in [3.63, 3.8) is 0 Å². The van der Waals surface area contributed by atoms with Gasteiger partial charge in [-0.25, -0.2) is 13.9 Å². The van der Waals surface area contributed by atoms with Crippen LogP contribution in [0.25, 0.3) is 11.5 Å². The summed E-state index contributed by atoms with van der Waals surface area (Å²) in [6.07, 6.45) is 1.99. The maximum Gasteiger partial charge on any atom is 0.322 e. The maximum absolute atomic E-state index is 13.9. The molecule has 2 amide bonds. The number of para-hydroxylation sites is 1. The van der Waals surface area contributed by atoms with Crippen molar-refractivity contribution in [1.29, 1.82) is 0 Å². The lowest BCUT2D eigenvalue weighted by atomic mass is 10.0. The summed E-state index contributed by atoms with van der Waals surface area (Å²) in [5.74, 6) is 0.573. The molecular formula is C30H26FN5O. The number of urea groups is 1. The van der Waals surface area contributed by atoms with Crippen molar-refractivity contribution in [1.82, 2.24) is 19.2 Å². The van der Waals surface area contributed by atoms with Gasteiger partial charge >= 0.3 is 6.03 Å². The third-order valence-corrected chi connectivity index (χ3v) is 6.80. The number of hydrogen-bond acceptors (Lipinski definition) is 2. The Bertz CT molecular complexity index is 1590. The molecule has 3 aromatic carbocycles. The molecule has 37 heavy (non-hydrogen) atoms. The zero-order valence-corrected chi connectivity index (χ0v) is 20.6. The molecule has 6 rings (SSSR count). The third-order valence-electron chi connectivity index (χ3n) is 6.80. The van der Waals surface area contributed by atoms with Crippen LogP contribution in [0.15, 0.2) is 97.2 Å². The van der Waals surface area contributed by atoms with Crippen molar-refractivity contribution >= 4 is 11.7 Å². The SMILES string of the molecule is Cc1cccc(NC(=O)N2Cc3c(C)nn(-c4ccccc4)c3-n3cccc3[C@@H]2c2ccc(F)cc2)c1. The minimum absolute atomic E-state index is 0.243. The highest BCUT2D eigenvalue weighted by Crippen LogP contribution is 2.38. The number of hydrogen-bond donors (Lipinski definition) is 1. The van der Waals surface area contributed by atoms with Crippen molar-refractivity contribution in [2.75, 3.05) is 5.32 Å². The molecule has 0 saturated heterocycles. The summed E-state index contributed by atoms with van der Waals surface area (Å²) < 4.78 is 17.9. The van der Waals surface area contributed by atoms with Gasteiger partial charge < -0.3 is 14.8 Å². The normalized spacial score (nSPS) is 14.6. The van der Waals surface area contributed by atoms with Gasteiger partial charge in [0, 0.05) is 17.4 Å². The highest BCUT2D eigenvalue weighted by atomic mass is 19.1. The Labute approximate surface area is 214 Å². The fraction of sp³-hybridized carbons (Fsp3) is 0.133. The zero-order chi connectivity index (χ0) is 25.5. The average Bonchev–Trinajstić information content (AvgIpc) is 3.46. The molecule has 0 radical (unpaired) electrons. The lowest BCUT2D eigenvalue weighted by molar-refractivity contribution is 0.194. The minimum Gasteiger partial charge on any atom is -0.308 e. The van der Waals surface area contributed by atoms with E-state index in [1.807, 2.05) is 91.5 Å². The van der Waals surface area contributed by atoms with Crippen LogP contribution in [0, 0.1) is 19.7 Å². The lowest BCUT2D eigenvalue weighted by Gasteiger charge is -2.31. The van der Waals surface area contributed by atoms with E-state index < -0.39 is 6.04 Å². The molecule has 0 unspecified atom stereocenters. The van der Waals surface area contributed by atoms with Gasteiger partial charge in [0.05, 0.1) is 29.7 Å². The van der Waals surface area contributed by atoms with Gasteiger partial charge in [0.25, 0.3) is 0 Å². The highest BCUT2D eigenvalue weighted by molar-refractivity contribution is 5.90. The monoisotopic (exact) mass is 491 g/mol. The van der Waals surface area contributed by atoms with Crippen LogP contribution in [-0.4, -0.2) is 25.3 Å². The predicted octanol–water partition coefficient (Wildman–Crippen LogP) is 6.56. The molecule has 0 spiro atoms. The van der Waals surface area contributed by atoms with E-state index in [0.29, 0.717) is 6.54 Å². The van der Waals surface area contributed by atoms with E-state index in [1.165, 1.54) is 12.1 Å². The van der Waals surface area contributed by atoms with Crippen molar-refractivity contribution in [2.45, 2.75) is 26.4 Å². The minimum atomic E-state index is -0.448. The van der Waals surface area contributed by atoms with Crippen molar-refractivity contribution < 1.29 is 9.18 Å². The highest BCUT2D eigenvalue weighted by Gasteiger charge is 2.36. The molecule has 184 valence electrons. The van der Waals surface area contributed by atoms with E-state index in [0.717, 1.165) is 45.3 Å². The number of rotatable bonds is 3. The lowest BCUT2D eigenvalue weighted by Crippen LogP contribution is -2.38. The van der Waals surface area contributed by atoms with Crippen LogP contribution in [0.3, 0.4) is 0 Å². The number of carbonyl (C=O) groups excluding carboxylic acids is 1. The summed E-state index contributed by atoms with van der Waals surface area (Å²) in [5.41, 5.74) is 6.21. The van der Waals surface area contributed by atoms with Crippen molar-refractivity contribution in [2.24, 2.45) is 0 Å². The summed E-state index contributed by atoms with van der Waals surface area (Å²) >= 11 is 0. The topological polar surface area (TPSA) is 55.1 Å². The Kier molecular flexibility index (Phi) is 5.60. The molecule has 1 atom stereocenters. The van der Waals surface area contributed by atoms with E-state index in [4.69, 9.17) is 5.10 Å². The van der Waals surface area contributed by atoms with E-state index in [2.05, 4.69) is 9.88 Å². The number of aromatic nitrogens is 3. The maximum atomic E-state index is 13.9. The van der Waals surface area contributed by atoms with Crippen LogP contribution in [0.2, 0.25) is 0 Å². The molecular weight excluding hydrogens is 465 g/mol. The van der Waals surface area contributed by atoms with E-state index in [9.17, 15) is 9.18 Å². The van der Waals surface area contributed by atoms with Crippen molar-refractivity contribution in [3.05, 3.63) is 131 Å². The number of anilines is 1. The van der Waals surface area contributed by atoms with Crippen molar-refractivity contribution in [3.8, 4) is 11.5 Å². The molecule has 0 bridgehead atoms. The van der Waals surface area contributed by atoms with Crippen LogP contribution in [0.4, 0.5) is 14.9 Å². The summed E-state index contributed by atoms with van der Waals surface area (Å²) in [7, 11) is 0. The Morgan fingerprint density at radius 3 is 2.49 bits per heavy atom. The van der Waals surface area contributed by atoms with Crippen LogP contribution < -0.4 is 5.32 Å². The molecule has 5 aromatic rings. The molecule has 1 N–H and O–H groups in total. The smallest absolute Gasteiger partial charge is 0.308 e. The van der Waals surface area contributed by atoms with Gasteiger partial charge in [0.2, 0.25) is 0 Å². The quantitative estimate of drug-likeness (QED) is 0.311. The van der Waals surface area contributed by atoms with Crippen LogP contribution in [0.5, 0.6) is 0 Å². The van der Waals surface area contributed by atoms with Gasteiger partial charge in [-0.05, 0) is 73.5 Å². The molecule has 7 heteroatoms. The predicted molar refractivity (Wildman–Crippen MR) is 142 cm³/mol. The number of fused-ring (bicyclic) bond motifs is 3. The third kappa shape index (κ3) is 4.08. The second kappa shape index (κ2) is 9.09. The number of benzene rings is 3. The summed E-state index contributed by atoms with van der Waals surface area (Å²) in [6.45, 7) is 4.29. The van der Waals surface area contributed by atoms with E-state index >= 15 is 0 Å². The Balaban J connectivity index is 1.53. The summed E-state index contributed by atoms with van der Waals surface area (Å²) in [5, 5.41) is 7.95. The van der Waals surface area contributed by atoms with Crippen LogP contribution in [-0.2, 0) is 6.54 Å². The first-order chi connectivity index (χ1) is 18.0. The molecule has 0 aliphatic carbocycles. The number of amides is 2. The Morgan fingerprint density at radius 1 is 0.946 bits per heavy atom. The van der Waals surface area contributed by atoms with Gasteiger partial charge in [0.1, 0.15) is 11.6 Å². The van der Waals surface area contributed by atoms with Crippen LogP contribution in [0.1, 0.15) is 34.1 Å². The molecule has 1 aliphatic heterocycles. The van der Waals surface area contributed by atoms with Crippen LogP contribution >= 0.6 is 0 Å². The van der Waals surface area contributed by atoms with E-state index in [-0.39, 0.29) is 11.8 Å². The molecule has 1 aliphatic rings. The first-order valence-corrected chi connectivity index (χ1v) is 12.2. The number of aryl methyl sites for hydroxylation is 2. The Morgan fingerprint density at radius 2 is 1.73 bits per heavy atom. The van der Waals surface area contributed by atoms with Gasteiger partial charge in [0.15, 0.2) is 0 Å².